The van der Waals surface area contributed by atoms with Crippen molar-refractivity contribution in [1.82, 2.24) is 19.9 Å². The normalized spacial score (nSPS) is 18.4. The maximum absolute atomic E-state index is 15.3. The standard InChI is InChI=1S/C33H32ClN7O5S/c1-4-46-31-26(8-10-29(34)38-31)33(40-15-5-14-39(16-17-40)24-12-13-36-22(2)18-24)27-19-23(20-35)6-9-28(27)41(32(33)42)47(43,44)30-11-7-25(45-3)21-37-30/h6-13,18-19,21H,4-5,14-17H2,1-3H3. The van der Waals surface area contributed by atoms with Gasteiger partial charge in [0.05, 0.1) is 37.2 Å². The number of halogens is 1. The summed E-state index contributed by atoms with van der Waals surface area (Å²) in [6.45, 7) is 5.89. The Bertz CT molecular complexity index is 1990. The van der Waals surface area contributed by atoms with E-state index >= 15 is 4.79 Å². The van der Waals surface area contributed by atoms with Crippen molar-refractivity contribution < 1.29 is 22.7 Å². The highest BCUT2D eigenvalue weighted by atomic mass is 35.5. The number of methoxy groups -OCH3 is 1. The van der Waals surface area contributed by atoms with Gasteiger partial charge in [-0.1, -0.05) is 11.6 Å². The van der Waals surface area contributed by atoms with Gasteiger partial charge in [0.25, 0.3) is 15.9 Å². The largest absolute Gasteiger partial charge is 0.495 e. The predicted molar refractivity (Wildman–Crippen MR) is 175 cm³/mol. The number of aryl methyl sites for hydroxylation is 1. The third-order valence-electron chi connectivity index (χ3n) is 8.39. The van der Waals surface area contributed by atoms with Crippen LogP contribution in [0.25, 0.3) is 0 Å². The Morgan fingerprint density at radius 3 is 2.55 bits per heavy atom. The first-order chi connectivity index (χ1) is 22.6. The van der Waals surface area contributed by atoms with Crippen molar-refractivity contribution in [3.05, 3.63) is 94.5 Å². The minimum atomic E-state index is -4.56. The van der Waals surface area contributed by atoms with Crippen molar-refractivity contribution in [2.75, 3.05) is 49.1 Å². The molecule has 0 spiro atoms. The smallest absolute Gasteiger partial charge is 0.288 e. The Balaban J connectivity index is 1.58. The van der Waals surface area contributed by atoms with Crippen molar-refractivity contribution in [3.63, 3.8) is 0 Å². The first kappa shape index (κ1) is 32.2. The van der Waals surface area contributed by atoms with Crippen LogP contribution in [-0.4, -0.2) is 74.1 Å². The van der Waals surface area contributed by atoms with Crippen LogP contribution < -0.4 is 18.7 Å². The summed E-state index contributed by atoms with van der Waals surface area (Å²) in [7, 11) is -3.12. The van der Waals surface area contributed by atoms with Crippen molar-refractivity contribution in [1.29, 1.82) is 5.26 Å². The molecule has 6 rings (SSSR count). The summed E-state index contributed by atoms with van der Waals surface area (Å²) in [6, 6.07) is 16.6. The van der Waals surface area contributed by atoms with Crippen molar-refractivity contribution in [3.8, 4) is 17.7 Å². The Hall–Kier alpha value is -4.77. The summed E-state index contributed by atoms with van der Waals surface area (Å²) in [5.41, 5.74) is 1.12. The second-order valence-corrected chi connectivity index (χ2v) is 13.2. The van der Waals surface area contributed by atoms with E-state index < -0.39 is 21.5 Å². The molecule has 47 heavy (non-hydrogen) atoms. The third kappa shape index (κ3) is 5.52. The highest BCUT2D eigenvalue weighted by Gasteiger charge is 2.61. The van der Waals surface area contributed by atoms with E-state index in [1.54, 1.807) is 31.3 Å². The van der Waals surface area contributed by atoms with Gasteiger partial charge in [-0.25, -0.2) is 9.97 Å². The summed E-state index contributed by atoms with van der Waals surface area (Å²) in [5.74, 6) is -0.315. The number of nitrogens with zero attached hydrogens (tertiary/aromatic N) is 7. The second kappa shape index (κ2) is 12.8. The number of benzene rings is 1. The number of nitriles is 1. The van der Waals surface area contributed by atoms with Crippen LogP contribution in [0.3, 0.4) is 0 Å². The number of carbonyl (C=O) groups is 1. The van der Waals surface area contributed by atoms with E-state index in [1.165, 1.54) is 37.6 Å². The molecule has 1 saturated heterocycles. The predicted octanol–water partition coefficient (Wildman–Crippen LogP) is 4.30. The molecule has 1 aromatic carbocycles. The van der Waals surface area contributed by atoms with Gasteiger partial charge in [-0.05, 0) is 74.9 Å². The molecule has 0 N–H and O–H groups in total. The van der Waals surface area contributed by atoms with Crippen LogP contribution >= 0.6 is 11.6 Å². The minimum absolute atomic E-state index is 0.0920. The molecule has 1 unspecified atom stereocenters. The number of fused-ring (bicyclic) bond motifs is 1. The second-order valence-electron chi connectivity index (χ2n) is 11.1. The number of pyridine rings is 3. The first-order valence-electron chi connectivity index (χ1n) is 15.0. The minimum Gasteiger partial charge on any atom is -0.495 e. The molecule has 1 amide bonds. The Kier molecular flexibility index (Phi) is 8.76. The van der Waals surface area contributed by atoms with Crippen LogP contribution in [0.2, 0.25) is 5.15 Å². The molecule has 14 heteroatoms. The van der Waals surface area contributed by atoms with E-state index in [-0.39, 0.29) is 33.9 Å². The van der Waals surface area contributed by atoms with Crippen LogP contribution in [0.5, 0.6) is 11.6 Å². The molecule has 1 fully saturated rings. The maximum Gasteiger partial charge on any atom is 0.288 e. The highest BCUT2D eigenvalue weighted by molar-refractivity contribution is 7.93. The van der Waals surface area contributed by atoms with E-state index in [2.05, 4.69) is 25.9 Å². The molecule has 242 valence electrons. The molecule has 5 heterocycles. The molecule has 4 aromatic rings. The molecule has 3 aromatic heterocycles. The molecule has 0 saturated carbocycles. The van der Waals surface area contributed by atoms with Gasteiger partial charge in [0.2, 0.25) is 5.88 Å². The highest BCUT2D eigenvalue weighted by Crippen LogP contribution is 2.52. The number of amides is 1. The summed E-state index contributed by atoms with van der Waals surface area (Å²) in [5, 5.41) is 9.78. The molecule has 0 aliphatic carbocycles. The number of carbonyl (C=O) groups excluding carboxylic acids is 1. The number of hydrogen-bond acceptors (Lipinski definition) is 11. The van der Waals surface area contributed by atoms with Crippen molar-refractivity contribution in [2.45, 2.75) is 30.8 Å². The van der Waals surface area contributed by atoms with E-state index in [0.29, 0.717) is 49.5 Å². The molecule has 0 bridgehead atoms. The van der Waals surface area contributed by atoms with Crippen molar-refractivity contribution >= 4 is 38.9 Å². The van der Waals surface area contributed by atoms with Gasteiger partial charge in [0.1, 0.15) is 10.9 Å². The fourth-order valence-corrected chi connectivity index (χ4v) is 7.85. The lowest BCUT2D eigenvalue weighted by atomic mass is 9.81. The Morgan fingerprint density at radius 1 is 1.02 bits per heavy atom. The lowest BCUT2D eigenvalue weighted by molar-refractivity contribution is -0.126. The zero-order valence-corrected chi connectivity index (χ0v) is 27.6. The molecule has 2 aliphatic heterocycles. The average Bonchev–Trinajstić information content (AvgIpc) is 3.18. The van der Waals surface area contributed by atoms with Gasteiger partial charge in [-0.2, -0.15) is 18.0 Å². The van der Waals surface area contributed by atoms with Gasteiger partial charge in [0.15, 0.2) is 10.6 Å². The van der Waals surface area contributed by atoms with Gasteiger partial charge in [-0.3, -0.25) is 14.7 Å². The lowest BCUT2D eigenvalue weighted by Gasteiger charge is -2.40. The molecule has 12 nitrogen and oxygen atoms in total. The van der Waals surface area contributed by atoms with Crippen LogP contribution in [0.4, 0.5) is 11.4 Å². The van der Waals surface area contributed by atoms with Gasteiger partial charge >= 0.3 is 0 Å². The number of anilines is 2. The number of rotatable bonds is 8. The van der Waals surface area contributed by atoms with E-state index in [4.69, 9.17) is 21.1 Å². The zero-order chi connectivity index (χ0) is 33.3. The maximum atomic E-state index is 15.3. The number of sulfonamides is 1. The third-order valence-corrected chi connectivity index (χ3v) is 10.2. The van der Waals surface area contributed by atoms with Gasteiger partial charge < -0.3 is 14.4 Å². The fourth-order valence-electron chi connectivity index (χ4n) is 6.33. The monoisotopic (exact) mass is 673 g/mol. The summed E-state index contributed by atoms with van der Waals surface area (Å²) in [4.78, 5) is 32.4. The molecular formula is C33H32ClN7O5S. The van der Waals surface area contributed by atoms with Crippen LogP contribution in [0.1, 0.15) is 35.7 Å². The van der Waals surface area contributed by atoms with E-state index in [0.717, 1.165) is 15.7 Å². The molecular weight excluding hydrogens is 642 g/mol. The van der Waals surface area contributed by atoms with E-state index in [1.807, 2.05) is 24.0 Å². The van der Waals surface area contributed by atoms with Crippen molar-refractivity contribution in [2.24, 2.45) is 0 Å². The molecule has 2 aliphatic rings. The number of hydrogen-bond donors (Lipinski definition) is 0. The summed E-state index contributed by atoms with van der Waals surface area (Å²) < 4.78 is 40.7. The summed E-state index contributed by atoms with van der Waals surface area (Å²) in [6.07, 6.45) is 3.68. The zero-order valence-electron chi connectivity index (χ0n) is 26.1. The van der Waals surface area contributed by atoms with E-state index in [9.17, 15) is 13.7 Å². The molecule has 1 atom stereocenters. The lowest BCUT2D eigenvalue weighted by Crippen LogP contribution is -2.56. The van der Waals surface area contributed by atoms with Gasteiger partial charge in [0, 0.05) is 54.9 Å². The van der Waals surface area contributed by atoms with Crippen LogP contribution in [-0.2, 0) is 20.4 Å². The van der Waals surface area contributed by atoms with Gasteiger partial charge in [-0.15, -0.1) is 0 Å². The Labute approximate surface area is 278 Å². The number of aromatic nitrogens is 3. The SMILES string of the molecule is CCOc1nc(Cl)ccc1C1(N2CCCN(c3ccnc(C)c3)CC2)C(=O)N(S(=O)(=O)c2ccc(OC)cn2)c2ccc(C#N)cc21. The Morgan fingerprint density at radius 2 is 1.85 bits per heavy atom. The molecule has 0 radical (unpaired) electrons. The quantitative estimate of drug-likeness (QED) is 0.247. The summed E-state index contributed by atoms with van der Waals surface area (Å²) >= 11 is 6.34. The van der Waals surface area contributed by atoms with Crippen LogP contribution in [0, 0.1) is 18.3 Å². The topological polar surface area (TPSA) is 142 Å². The average molecular weight is 674 g/mol. The van der Waals surface area contributed by atoms with Crippen LogP contribution in [0.15, 0.2) is 72.0 Å². The first-order valence-corrected chi connectivity index (χ1v) is 16.8. The number of ether oxygens (including phenoxy) is 2. The fraction of sp³-hybridized carbons (Fsp3) is 0.303.